The van der Waals surface area contributed by atoms with Crippen LogP contribution in [0.15, 0.2) is 48.5 Å². The number of rotatable bonds is 4. The minimum Gasteiger partial charge on any atom is -0.384 e. The molecule has 2 aromatic carbocycles. The van der Waals surface area contributed by atoms with Crippen LogP contribution in [0.1, 0.15) is 36.1 Å². The summed E-state index contributed by atoms with van der Waals surface area (Å²) >= 11 is 2.27. The second-order valence-corrected chi connectivity index (χ2v) is 5.69. The molecule has 1 unspecified atom stereocenters. The Labute approximate surface area is 122 Å². The first-order valence-corrected chi connectivity index (χ1v) is 7.31. The highest BCUT2D eigenvalue weighted by Gasteiger charge is 2.09. The third-order valence-electron chi connectivity index (χ3n) is 3.02. The number of hydrogen-bond acceptors (Lipinski definition) is 1. The third-order valence-corrected chi connectivity index (χ3v) is 3.74. The van der Waals surface area contributed by atoms with E-state index in [1.54, 1.807) is 0 Å². The summed E-state index contributed by atoms with van der Waals surface area (Å²) in [6.07, 6.45) is 1.72. The van der Waals surface area contributed by atoms with E-state index >= 15 is 0 Å². The molecule has 0 saturated heterocycles. The molecule has 0 aromatic heterocycles. The van der Waals surface area contributed by atoms with E-state index in [9.17, 15) is 5.11 Å². The molecule has 1 N–H and O–H groups in total. The molecule has 0 amide bonds. The molecule has 1 atom stereocenters. The quantitative estimate of drug-likeness (QED) is 0.813. The van der Waals surface area contributed by atoms with Crippen molar-refractivity contribution in [2.45, 2.75) is 25.9 Å². The van der Waals surface area contributed by atoms with Crippen LogP contribution in [0.4, 0.5) is 0 Å². The van der Waals surface area contributed by atoms with E-state index in [4.69, 9.17) is 0 Å². The fourth-order valence-electron chi connectivity index (χ4n) is 1.99. The van der Waals surface area contributed by atoms with Gasteiger partial charge in [0.05, 0.1) is 0 Å². The van der Waals surface area contributed by atoms with E-state index in [1.165, 1.54) is 9.13 Å². The molecule has 1 nitrogen and oxygen atoms in total. The van der Waals surface area contributed by atoms with E-state index in [2.05, 4.69) is 41.6 Å². The maximum absolute atomic E-state index is 10.3. The second kappa shape index (κ2) is 6.34. The summed E-state index contributed by atoms with van der Waals surface area (Å²) in [5.74, 6) is 0. The Bertz CT molecular complexity index is 488. The van der Waals surface area contributed by atoms with Crippen LogP contribution < -0.4 is 0 Å². The molecule has 2 aromatic rings. The first kappa shape index (κ1) is 13.6. The van der Waals surface area contributed by atoms with Crippen molar-refractivity contribution in [1.29, 1.82) is 0 Å². The van der Waals surface area contributed by atoms with Crippen LogP contribution in [-0.2, 0) is 6.42 Å². The van der Waals surface area contributed by atoms with Gasteiger partial charge in [0.15, 0.2) is 0 Å². The maximum Gasteiger partial charge on any atom is 0.104 e. The summed E-state index contributed by atoms with van der Waals surface area (Å²) in [6, 6.07) is 16.2. The van der Waals surface area contributed by atoms with Gasteiger partial charge in [-0.05, 0) is 57.8 Å². The minimum absolute atomic E-state index is 0.530. The van der Waals surface area contributed by atoms with Crippen molar-refractivity contribution in [3.8, 4) is 0 Å². The van der Waals surface area contributed by atoms with Gasteiger partial charge in [-0.2, -0.15) is 0 Å². The molecule has 0 aliphatic rings. The Kier molecular flexibility index (Phi) is 4.78. The number of halogens is 1. The van der Waals surface area contributed by atoms with E-state index in [1.807, 2.05) is 36.4 Å². The van der Waals surface area contributed by atoms with Crippen LogP contribution in [0.3, 0.4) is 0 Å². The largest absolute Gasteiger partial charge is 0.384 e. The van der Waals surface area contributed by atoms with Crippen molar-refractivity contribution >= 4 is 22.6 Å². The van der Waals surface area contributed by atoms with Gasteiger partial charge in [0.2, 0.25) is 0 Å². The number of aliphatic hydroxyl groups is 1. The molecule has 0 spiro atoms. The average Bonchev–Trinajstić information content (AvgIpc) is 2.40. The molecule has 18 heavy (non-hydrogen) atoms. The summed E-state index contributed by atoms with van der Waals surface area (Å²) in [5, 5.41) is 10.3. The van der Waals surface area contributed by atoms with Crippen molar-refractivity contribution in [3.05, 3.63) is 68.8 Å². The van der Waals surface area contributed by atoms with Gasteiger partial charge in [-0.15, -0.1) is 0 Å². The van der Waals surface area contributed by atoms with Crippen molar-refractivity contribution in [1.82, 2.24) is 0 Å². The Morgan fingerprint density at radius 3 is 1.94 bits per heavy atom. The number of hydrogen-bond donors (Lipinski definition) is 1. The maximum atomic E-state index is 10.3. The fraction of sp³-hybridized carbons (Fsp3) is 0.250. The van der Waals surface area contributed by atoms with Crippen molar-refractivity contribution in [2.75, 3.05) is 0 Å². The number of aliphatic hydroxyl groups excluding tert-OH is 1. The van der Waals surface area contributed by atoms with Gasteiger partial charge in [0, 0.05) is 3.57 Å². The molecule has 0 radical (unpaired) electrons. The third kappa shape index (κ3) is 3.33. The molecule has 0 saturated carbocycles. The summed E-state index contributed by atoms with van der Waals surface area (Å²) in [5.41, 5.74) is 3.23. The highest BCUT2D eigenvalue weighted by atomic mass is 127. The lowest BCUT2D eigenvalue weighted by Gasteiger charge is -2.12. The topological polar surface area (TPSA) is 20.2 Å². The van der Waals surface area contributed by atoms with Gasteiger partial charge in [-0.25, -0.2) is 0 Å². The normalized spacial score (nSPS) is 12.4. The van der Waals surface area contributed by atoms with E-state index in [-0.39, 0.29) is 0 Å². The predicted molar refractivity (Wildman–Crippen MR) is 83.7 cm³/mol. The van der Waals surface area contributed by atoms with Crippen LogP contribution in [-0.4, -0.2) is 5.11 Å². The standard InChI is InChI=1S/C16H17IO/c1-2-3-12-4-6-13(7-5-12)16(18)14-8-10-15(17)11-9-14/h4-11,16,18H,2-3H2,1H3. The molecular formula is C16H17IO. The fourth-order valence-corrected chi connectivity index (χ4v) is 2.35. The Hall–Kier alpha value is -0.870. The average molecular weight is 352 g/mol. The van der Waals surface area contributed by atoms with Gasteiger partial charge >= 0.3 is 0 Å². The molecular weight excluding hydrogens is 335 g/mol. The van der Waals surface area contributed by atoms with Crippen molar-refractivity contribution in [2.24, 2.45) is 0 Å². The van der Waals surface area contributed by atoms with Gasteiger partial charge < -0.3 is 5.11 Å². The first-order valence-electron chi connectivity index (χ1n) is 6.23. The predicted octanol–water partition coefficient (Wildman–Crippen LogP) is 4.33. The Morgan fingerprint density at radius 1 is 0.944 bits per heavy atom. The highest BCUT2D eigenvalue weighted by molar-refractivity contribution is 14.1. The summed E-state index contributed by atoms with van der Waals surface area (Å²) in [6.45, 7) is 2.17. The SMILES string of the molecule is CCCc1ccc(C(O)c2ccc(I)cc2)cc1. The number of benzene rings is 2. The van der Waals surface area contributed by atoms with Gasteiger partial charge in [-0.1, -0.05) is 49.7 Å². The van der Waals surface area contributed by atoms with E-state index < -0.39 is 6.10 Å². The lowest BCUT2D eigenvalue weighted by Crippen LogP contribution is -1.99. The smallest absolute Gasteiger partial charge is 0.104 e. The zero-order valence-corrected chi connectivity index (χ0v) is 12.6. The molecule has 0 fully saturated rings. The zero-order chi connectivity index (χ0) is 13.0. The highest BCUT2D eigenvalue weighted by Crippen LogP contribution is 2.23. The molecule has 2 rings (SSSR count). The molecule has 2 heteroatoms. The van der Waals surface area contributed by atoms with Crippen LogP contribution in [0.5, 0.6) is 0 Å². The zero-order valence-electron chi connectivity index (χ0n) is 10.4. The molecule has 0 aliphatic carbocycles. The Balaban J connectivity index is 2.17. The van der Waals surface area contributed by atoms with Gasteiger partial charge in [-0.3, -0.25) is 0 Å². The first-order chi connectivity index (χ1) is 8.70. The summed E-state index contributed by atoms with van der Waals surface area (Å²) in [4.78, 5) is 0. The van der Waals surface area contributed by atoms with Crippen LogP contribution in [0, 0.1) is 3.57 Å². The molecule has 0 bridgehead atoms. The van der Waals surface area contributed by atoms with E-state index in [0.29, 0.717) is 0 Å². The number of aryl methyl sites for hydroxylation is 1. The molecule has 0 aliphatic heterocycles. The van der Waals surface area contributed by atoms with E-state index in [0.717, 1.165) is 24.0 Å². The molecule has 0 heterocycles. The van der Waals surface area contributed by atoms with Gasteiger partial charge in [0.25, 0.3) is 0 Å². The van der Waals surface area contributed by atoms with Crippen molar-refractivity contribution < 1.29 is 5.11 Å². The summed E-state index contributed by atoms with van der Waals surface area (Å²) in [7, 11) is 0. The lowest BCUT2D eigenvalue weighted by molar-refractivity contribution is 0.220. The van der Waals surface area contributed by atoms with Crippen LogP contribution in [0.25, 0.3) is 0 Å². The molecule has 94 valence electrons. The second-order valence-electron chi connectivity index (χ2n) is 4.45. The Morgan fingerprint density at radius 2 is 1.44 bits per heavy atom. The van der Waals surface area contributed by atoms with Crippen LogP contribution in [0.2, 0.25) is 0 Å². The van der Waals surface area contributed by atoms with Gasteiger partial charge in [0.1, 0.15) is 6.10 Å². The minimum atomic E-state index is -0.530. The van der Waals surface area contributed by atoms with Crippen LogP contribution >= 0.6 is 22.6 Å². The lowest BCUT2D eigenvalue weighted by atomic mass is 9.99. The van der Waals surface area contributed by atoms with Crippen molar-refractivity contribution in [3.63, 3.8) is 0 Å². The summed E-state index contributed by atoms with van der Waals surface area (Å²) < 4.78 is 1.18. The monoisotopic (exact) mass is 352 g/mol.